The molecule has 3 rings (SSSR count). The molecule has 0 radical (unpaired) electrons. The van der Waals surface area contributed by atoms with Gasteiger partial charge in [0.25, 0.3) is 0 Å². The van der Waals surface area contributed by atoms with Gasteiger partial charge < -0.3 is 15.5 Å². The van der Waals surface area contributed by atoms with Crippen LogP contribution in [0.25, 0.3) is 0 Å². The summed E-state index contributed by atoms with van der Waals surface area (Å²) in [6, 6.07) is 8.57. The number of aromatic nitrogens is 1. The Morgan fingerprint density at radius 3 is 2.68 bits per heavy atom. The minimum Gasteiger partial charge on any atom is -0.357 e. The molecule has 1 saturated heterocycles. The predicted octanol–water partition coefficient (Wildman–Crippen LogP) is 3.31. The van der Waals surface area contributed by atoms with Crippen LogP contribution in [-0.4, -0.2) is 30.6 Å². The molecule has 134 valence electrons. The molecule has 3 heterocycles. The second kappa shape index (κ2) is 8.85. The number of nitrogens with one attached hydrogen (secondary N) is 2. The molecule has 0 atom stereocenters. The maximum absolute atomic E-state index is 4.68. The Bertz CT molecular complexity index is 686. The summed E-state index contributed by atoms with van der Waals surface area (Å²) in [7, 11) is 0. The second-order valence-electron chi connectivity index (χ2n) is 6.28. The number of rotatable bonds is 6. The molecule has 0 aliphatic carbocycles. The highest BCUT2D eigenvalue weighted by Crippen LogP contribution is 2.18. The Morgan fingerprint density at radius 1 is 1.20 bits per heavy atom. The molecule has 1 fully saturated rings. The van der Waals surface area contributed by atoms with E-state index in [1.54, 1.807) is 0 Å². The van der Waals surface area contributed by atoms with Gasteiger partial charge in [0, 0.05) is 35.6 Å². The van der Waals surface area contributed by atoms with Gasteiger partial charge in [-0.1, -0.05) is 6.07 Å². The number of anilines is 1. The molecular formula is C19H27N5S. The first kappa shape index (κ1) is 17.7. The molecule has 25 heavy (non-hydrogen) atoms. The topological polar surface area (TPSA) is 52.6 Å². The van der Waals surface area contributed by atoms with Crippen LogP contribution < -0.4 is 15.5 Å². The molecule has 0 unspecified atom stereocenters. The first-order valence-corrected chi connectivity index (χ1v) is 9.83. The zero-order valence-electron chi connectivity index (χ0n) is 15.1. The number of thiophene rings is 1. The Morgan fingerprint density at radius 2 is 2.04 bits per heavy atom. The lowest BCUT2D eigenvalue weighted by Crippen LogP contribution is -2.36. The van der Waals surface area contributed by atoms with Crippen molar-refractivity contribution in [2.75, 3.05) is 24.5 Å². The van der Waals surface area contributed by atoms with Crippen LogP contribution in [0.4, 0.5) is 5.82 Å². The van der Waals surface area contributed by atoms with E-state index in [0.717, 1.165) is 43.5 Å². The molecule has 2 N–H and O–H groups in total. The maximum Gasteiger partial charge on any atom is 0.191 e. The van der Waals surface area contributed by atoms with Crippen molar-refractivity contribution in [2.24, 2.45) is 4.99 Å². The number of aliphatic imine (C=N–C) groups is 1. The molecule has 0 aromatic carbocycles. The van der Waals surface area contributed by atoms with E-state index in [-0.39, 0.29) is 0 Å². The highest BCUT2D eigenvalue weighted by atomic mass is 32.1. The summed E-state index contributed by atoms with van der Waals surface area (Å²) in [5.74, 6) is 1.93. The summed E-state index contributed by atoms with van der Waals surface area (Å²) in [6.07, 6.45) is 4.49. The largest absolute Gasteiger partial charge is 0.357 e. The van der Waals surface area contributed by atoms with Gasteiger partial charge in [-0.3, -0.25) is 0 Å². The van der Waals surface area contributed by atoms with E-state index in [9.17, 15) is 0 Å². The second-order valence-corrected chi connectivity index (χ2v) is 7.65. The highest BCUT2D eigenvalue weighted by Gasteiger charge is 2.12. The van der Waals surface area contributed by atoms with Crippen LogP contribution in [0, 0.1) is 6.92 Å². The smallest absolute Gasteiger partial charge is 0.191 e. The van der Waals surface area contributed by atoms with Crippen molar-refractivity contribution in [1.29, 1.82) is 0 Å². The van der Waals surface area contributed by atoms with Crippen molar-refractivity contribution >= 4 is 23.1 Å². The van der Waals surface area contributed by atoms with Gasteiger partial charge >= 0.3 is 0 Å². The van der Waals surface area contributed by atoms with Gasteiger partial charge in [0.15, 0.2) is 5.96 Å². The molecule has 0 bridgehead atoms. The van der Waals surface area contributed by atoms with E-state index < -0.39 is 0 Å². The van der Waals surface area contributed by atoms with E-state index in [2.05, 4.69) is 63.6 Å². The summed E-state index contributed by atoms with van der Waals surface area (Å²) >= 11 is 1.82. The van der Waals surface area contributed by atoms with E-state index in [1.165, 1.54) is 22.6 Å². The van der Waals surface area contributed by atoms with Gasteiger partial charge in [0.2, 0.25) is 0 Å². The molecule has 2 aromatic rings. The fourth-order valence-corrected chi connectivity index (χ4v) is 3.74. The van der Waals surface area contributed by atoms with Crippen molar-refractivity contribution in [3.05, 3.63) is 45.8 Å². The van der Waals surface area contributed by atoms with Gasteiger partial charge in [0.05, 0.1) is 13.1 Å². The molecule has 6 heteroatoms. The molecule has 0 spiro atoms. The first-order valence-electron chi connectivity index (χ1n) is 9.02. The van der Waals surface area contributed by atoms with E-state index in [1.807, 2.05) is 17.5 Å². The lowest BCUT2D eigenvalue weighted by atomic mass is 10.3. The molecule has 1 aliphatic heterocycles. The Kier molecular flexibility index (Phi) is 6.28. The third-order valence-corrected chi connectivity index (χ3v) is 5.23. The zero-order chi connectivity index (χ0) is 17.5. The standard InChI is InChI=1S/C19H27N5S/c1-3-20-19(23-14-17-8-6-15(2)25-17)22-13-16-7-9-18(21-12-16)24-10-4-5-11-24/h6-9,12H,3-5,10-11,13-14H2,1-2H3,(H2,20,22,23). The molecule has 2 aromatic heterocycles. The maximum atomic E-state index is 4.68. The lowest BCUT2D eigenvalue weighted by Gasteiger charge is -2.16. The zero-order valence-corrected chi connectivity index (χ0v) is 15.9. The number of guanidine groups is 1. The summed E-state index contributed by atoms with van der Waals surface area (Å²) < 4.78 is 0. The number of nitrogens with zero attached hydrogens (tertiary/aromatic N) is 3. The van der Waals surface area contributed by atoms with Gasteiger partial charge in [-0.05, 0) is 50.5 Å². The van der Waals surface area contributed by atoms with Gasteiger partial charge in [-0.2, -0.15) is 0 Å². The van der Waals surface area contributed by atoms with Crippen molar-refractivity contribution in [2.45, 2.75) is 39.8 Å². The average Bonchev–Trinajstić information content (AvgIpc) is 3.30. The first-order chi connectivity index (χ1) is 12.2. The average molecular weight is 358 g/mol. The normalized spacial score (nSPS) is 14.8. The third-order valence-electron chi connectivity index (χ3n) is 4.23. The Hall–Kier alpha value is -2.08. The summed E-state index contributed by atoms with van der Waals surface area (Å²) in [4.78, 5) is 14.3. The van der Waals surface area contributed by atoms with Gasteiger partial charge in [-0.25, -0.2) is 9.98 Å². The number of aryl methyl sites for hydroxylation is 1. The van der Waals surface area contributed by atoms with Crippen LogP contribution in [0.3, 0.4) is 0 Å². The lowest BCUT2D eigenvalue weighted by molar-refractivity contribution is 0.822. The van der Waals surface area contributed by atoms with Crippen LogP contribution in [0.5, 0.6) is 0 Å². The number of hydrogen-bond acceptors (Lipinski definition) is 4. The minimum atomic E-state index is 0.631. The summed E-state index contributed by atoms with van der Waals surface area (Å²) in [5.41, 5.74) is 1.13. The molecule has 0 amide bonds. The van der Waals surface area contributed by atoms with Crippen LogP contribution in [0.15, 0.2) is 35.5 Å². The molecular weight excluding hydrogens is 330 g/mol. The van der Waals surface area contributed by atoms with Crippen molar-refractivity contribution in [1.82, 2.24) is 15.6 Å². The van der Waals surface area contributed by atoms with Crippen molar-refractivity contribution < 1.29 is 0 Å². The summed E-state index contributed by atoms with van der Waals surface area (Å²) in [6.45, 7) is 8.75. The number of pyridine rings is 1. The quantitative estimate of drug-likeness (QED) is 0.615. The van der Waals surface area contributed by atoms with Crippen molar-refractivity contribution in [3.63, 3.8) is 0 Å². The predicted molar refractivity (Wildman–Crippen MR) is 106 cm³/mol. The van der Waals surface area contributed by atoms with E-state index >= 15 is 0 Å². The number of hydrogen-bond donors (Lipinski definition) is 2. The van der Waals surface area contributed by atoms with E-state index in [0.29, 0.717) is 6.54 Å². The highest BCUT2D eigenvalue weighted by molar-refractivity contribution is 7.11. The fraction of sp³-hybridized carbons (Fsp3) is 0.474. The van der Waals surface area contributed by atoms with Crippen LogP contribution in [0.2, 0.25) is 0 Å². The van der Waals surface area contributed by atoms with Gasteiger partial charge in [0.1, 0.15) is 5.82 Å². The van der Waals surface area contributed by atoms with E-state index in [4.69, 9.17) is 0 Å². The van der Waals surface area contributed by atoms with Crippen molar-refractivity contribution in [3.8, 4) is 0 Å². The third kappa shape index (κ3) is 5.19. The minimum absolute atomic E-state index is 0.631. The van der Waals surface area contributed by atoms with Crippen LogP contribution in [0.1, 0.15) is 35.1 Å². The molecule has 5 nitrogen and oxygen atoms in total. The monoisotopic (exact) mass is 357 g/mol. The Balaban J connectivity index is 1.56. The van der Waals surface area contributed by atoms with Crippen LogP contribution >= 0.6 is 11.3 Å². The van der Waals surface area contributed by atoms with Crippen LogP contribution in [-0.2, 0) is 13.1 Å². The van der Waals surface area contributed by atoms with Gasteiger partial charge in [-0.15, -0.1) is 11.3 Å². The molecule has 0 saturated carbocycles. The fourth-order valence-electron chi connectivity index (χ4n) is 2.91. The Labute approximate surface area is 154 Å². The SMILES string of the molecule is CCNC(=NCc1ccc(N2CCCC2)nc1)NCc1ccc(C)s1. The summed E-state index contributed by atoms with van der Waals surface area (Å²) in [5, 5.41) is 6.70. The molecule has 1 aliphatic rings.